The van der Waals surface area contributed by atoms with Crippen LogP contribution < -0.4 is 5.73 Å². The molecule has 108 valence electrons. The van der Waals surface area contributed by atoms with Crippen LogP contribution in [0, 0.1) is 0 Å². The Morgan fingerprint density at radius 1 is 1.53 bits per heavy atom. The van der Waals surface area contributed by atoms with Crippen molar-refractivity contribution >= 4 is 5.78 Å². The number of likely N-dealkylation sites (N-methyl/N-ethyl adjacent to an activating group) is 1. The third-order valence-corrected chi connectivity index (χ3v) is 2.80. The summed E-state index contributed by atoms with van der Waals surface area (Å²) in [6.45, 7) is 2.20. The molecule has 0 radical (unpaired) electrons. The molecule has 1 unspecified atom stereocenters. The molecule has 0 bridgehead atoms. The van der Waals surface area contributed by atoms with Crippen LogP contribution in [0.3, 0.4) is 0 Å². The maximum atomic E-state index is 11.8. The minimum Gasteiger partial charge on any atom is -0.380 e. The summed E-state index contributed by atoms with van der Waals surface area (Å²) in [6.07, 6.45) is 4.99. The normalized spacial score (nSPS) is 12.8. The first kappa shape index (κ1) is 15.8. The van der Waals surface area contributed by atoms with Crippen LogP contribution in [0.15, 0.2) is 12.5 Å². The van der Waals surface area contributed by atoms with Gasteiger partial charge in [-0.15, -0.1) is 0 Å². The molecule has 1 rings (SSSR count). The summed E-state index contributed by atoms with van der Waals surface area (Å²) in [5.41, 5.74) is 6.74. The number of aromatic amines is 1. The van der Waals surface area contributed by atoms with E-state index in [1.54, 1.807) is 12.5 Å². The zero-order chi connectivity index (χ0) is 14.1. The van der Waals surface area contributed by atoms with E-state index in [4.69, 9.17) is 10.5 Å². The molecule has 3 N–H and O–H groups in total. The number of imidazole rings is 1. The van der Waals surface area contributed by atoms with Crippen molar-refractivity contribution in [1.29, 1.82) is 0 Å². The number of carbonyl (C=O) groups is 1. The summed E-state index contributed by atoms with van der Waals surface area (Å²) in [4.78, 5) is 20.7. The van der Waals surface area contributed by atoms with E-state index in [1.807, 2.05) is 14.1 Å². The maximum absolute atomic E-state index is 11.8. The van der Waals surface area contributed by atoms with E-state index in [0.717, 1.165) is 18.7 Å². The van der Waals surface area contributed by atoms with Crippen LogP contribution in [0.2, 0.25) is 0 Å². The molecule has 6 heteroatoms. The molecule has 0 aromatic carbocycles. The summed E-state index contributed by atoms with van der Waals surface area (Å²) in [6, 6.07) is -0.456. The van der Waals surface area contributed by atoms with Crippen molar-refractivity contribution < 1.29 is 9.53 Å². The molecular formula is C13H24N4O2. The van der Waals surface area contributed by atoms with Crippen molar-refractivity contribution in [3.8, 4) is 0 Å². The summed E-state index contributed by atoms with van der Waals surface area (Å²) in [5, 5.41) is 0. The van der Waals surface area contributed by atoms with Crippen LogP contribution in [0.4, 0.5) is 0 Å². The molecule has 0 fully saturated rings. The first-order chi connectivity index (χ1) is 9.09. The molecule has 19 heavy (non-hydrogen) atoms. The van der Waals surface area contributed by atoms with Crippen molar-refractivity contribution in [2.75, 3.05) is 33.9 Å². The van der Waals surface area contributed by atoms with Gasteiger partial charge in [-0.2, -0.15) is 0 Å². The van der Waals surface area contributed by atoms with Gasteiger partial charge in [-0.05, 0) is 20.5 Å². The van der Waals surface area contributed by atoms with E-state index in [1.165, 1.54) is 0 Å². The number of aromatic nitrogens is 2. The van der Waals surface area contributed by atoms with E-state index >= 15 is 0 Å². The van der Waals surface area contributed by atoms with Crippen molar-refractivity contribution in [1.82, 2.24) is 14.9 Å². The van der Waals surface area contributed by atoms with Gasteiger partial charge in [0.1, 0.15) is 5.78 Å². The van der Waals surface area contributed by atoms with Crippen LogP contribution in [-0.2, 0) is 16.0 Å². The Bertz CT molecular complexity index is 352. The fraction of sp³-hybridized carbons (Fsp3) is 0.692. The van der Waals surface area contributed by atoms with Crippen LogP contribution >= 0.6 is 0 Å². The lowest BCUT2D eigenvalue weighted by Crippen LogP contribution is -2.32. The van der Waals surface area contributed by atoms with Crippen LogP contribution in [0.5, 0.6) is 0 Å². The Labute approximate surface area is 114 Å². The molecule has 1 aromatic heterocycles. The van der Waals surface area contributed by atoms with Gasteiger partial charge < -0.3 is 20.4 Å². The number of hydrogen-bond acceptors (Lipinski definition) is 5. The summed E-state index contributed by atoms with van der Waals surface area (Å²) >= 11 is 0. The molecule has 1 atom stereocenters. The molecular weight excluding hydrogens is 244 g/mol. The van der Waals surface area contributed by atoms with Gasteiger partial charge >= 0.3 is 0 Å². The van der Waals surface area contributed by atoms with E-state index < -0.39 is 6.04 Å². The highest BCUT2D eigenvalue weighted by Crippen LogP contribution is 2.01. The zero-order valence-electron chi connectivity index (χ0n) is 11.8. The number of hydrogen-bond donors (Lipinski definition) is 2. The molecule has 1 heterocycles. The lowest BCUT2D eigenvalue weighted by Gasteiger charge is -2.11. The zero-order valence-corrected chi connectivity index (χ0v) is 11.8. The minimum atomic E-state index is -0.456. The second-order valence-corrected chi connectivity index (χ2v) is 4.87. The molecule has 0 saturated carbocycles. The molecule has 0 saturated heterocycles. The van der Waals surface area contributed by atoms with E-state index in [2.05, 4.69) is 14.9 Å². The van der Waals surface area contributed by atoms with Gasteiger partial charge in [-0.3, -0.25) is 4.79 Å². The number of nitrogens with zero attached hydrogens (tertiary/aromatic N) is 2. The monoisotopic (exact) mass is 268 g/mol. The Morgan fingerprint density at radius 3 is 2.95 bits per heavy atom. The Kier molecular flexibility index (Phi) is 7.32. The third kappa shape index (κ3) is 7.05. The van der Waals surface area contributed by atoms with Crippen molar-refractivity contribution in [2.45, 2.75) is 25.3 Å². The smallest absolute Gasteiger partial charge is 0.150 e. The number of nitrogens with one attached hydrogen (secondary N) is 1. The predicted octanol–water partition coefficient (Wildman–Crippen LogP) is 0.207. The number of H-pyrrole nitrogens is 1. The molecule has 6 nitrogen and oxygen atoms in total. The van der Waals surface area contributed by atoms with Crippen LogP contribution in [0.1, 0.15) is 18.5 Å². The van der Waals surface area contributed by atoms with Gasteiger partial charge in [-0.1, -0.05) is 0 Å². The Morgan fingerprint density at radius 2 is 2.32 bits per heavy atom. The summed E-state index contributed by atoms with van der Waals surface area (Å²) in [7, 11) is 4.00. The second-order valence-electron chi connectivity index (χ2n) is 4.87. The lowest BCUT2D eigenvalue weighted by molar-refractivity contribution is -0.120. The molecule has 0 amide bonds. The summed E-state index contributed by atoms with van der Waals surface area (Å²) in [5.74, 6) is 0.0748. The van der Waals surface area contributed by atoms with Crippen LogP contribution in [0.25, 0.3) is 0 Å². The van der Waals surface area contributed by atoms with Gasteiger partial charge in [-0.25, -0.2) is 4.98 Å². The van der Waals surface area contributed by atoms with Gasteiger partial charge in [0, 0.05) is 37.9 Å². The minimum absolute atomic E-state index is 0.0748. The molecule has 1 aromatic rings. The third-order valence-electron chi connectivity index (χ3n) is 2.80. The Balaban J connectivity index is 2.07. The first-order valence-electron chi connectivity index (χ1n) is 6.57. The molecule has 0 spiro atoms. The predicted molar refractivity (Wildman–Crippen MR) is 73.9 cm³/mol. The highest BCUT2D eigenvalue weighted by Gasteiger charge is 2.14. The fourth-order valence-electron chi connectivity index (χ4n) is 1.63. The standard InChI is InChI=1S/C13H24N4O2/c1-17(2)5-7-19-6-3-4-13(18)12(14)8-11-9-15-10-16-11/h9-10,12H,3-8,14H2,1-2H3,(H,15,16). The van der Waals surface area contributed by atoms with Crippen molar-refractivity contribution in [2.24, 2.45) is 5.73 Å². The number of carbonyl (C=O) groups excluding carboxylic acids is 1. The highest BCUT2D eigenvalue weighted by atomic mass is 16.5. The van der Waals surface area contributed by atoms with Gasteiger partial charge in [0.05, 0.1) is 19.0 Å². The number of nitrogens with two attached hydrogens (primary N) is 1. The number of Topliss-reactive ketones (excluding diaryl/α,β-unsaturated/α-hetero) is 1. The quantitative estimate of drug-likeness (QED) is 0.592. The van der Waals surface area contributed by atoms with Crippen molar-refractivity contribution in [3.63, 3.8) is 0 Å². The SMILES string of the molecule is CN(C)CCOCCCC(=O)C(N)Cc1cnc[nH]1. The lowest BCUT2D eigenvalue weighted by atomic mass is 10.0. The largest absolute Gasteiger partial charge is 0.380 e. The first-order valence-corrected chi connectivity index (χ1v) is 6.57. The van der Waals surface area contributed by atoms with E-state index in [0.29, 0.717) is 26.1 Å². The maximum Gasteiger partial charge on any atom is 0.150 e. The number of ketones is 1. The van der Waals surface area contributed by atoms with Crippen molar-refractivity contribution in [3.05, 3.63) is 18.2 Å². The average Bonchev–Trinajstić information content (AvgIpc) is 2.85. The number of rotatable bonds is 10. The molecule has 0 aliphatic heterocycles. The highest BCUT2D eigenvalue weighted by molar-refractivity contribution is 5.83. The second kappa shape index (κ2) is 8.79. The fourth-order valence-corrected chi connectivity index (χ4v) is 1.63. The molecule has 0 aliphatic rings. The van der Waals surface area contributed by atoms with Gasteiger partial charge in [0.15, 0.2) is 0 Å². The van der Waals surface area contributed by atoms with E-state index in [9.17, 15) is 4.79 Å². The molecule has 0 aliphatic carbocycles. The number of ether oxygens (including phenoxy) is 1. The van der Waals surface area contributed by atoms with Gasteiger partial charge in [0.2, 0.25) is 0 Å². The average molecular weight is 268 g/mol. The van der Waals surface area contributed by atoms with Crippen LogP contribution in [-0.4, -0.2) is 60.5 Å². The van der Waals surface area contributed by atoms with E-state index in [-0.39, 0.29) is 5.78 Å². The summed E-state index contributed by atoms with van der Waals surface area (Å²) < 4.78 is 5.43. The van der Waals surface area contributed by atoms with Gasteiger partial charge in [0.25, 0.3) is 0 Å². The topological polar surface area (TPSA) is 84.2 Å². The Hall–Kier alpha value is -1.24.